The Balaban J connectivity index is 1.93. The van der Waals surface area contributed by atoms with Crippen LogP contribution >= 0.6 is 0 Å². The van der Waals surface area contributed by atoms with Crippen molar-refractivity contribution in [1.29, 1.82) is 0 Å². The van der Waals surface area contributed by atoms with Crippen LogP contribution in [0.1, 0.15) is 30.9 Å². The summed E-state index contributed by atoms with van der Waals surface area (Å²) in [5, 5.41) is 12.0. The van der Waals surface area contributed by atoms with Gasteiger partial charge in [0.2, 0.25) is 0 Å². The van der Waals surface area contributed by atoms with E-state index in [9.17, 15) is 0 Å². The van der Waals surface area contributed by atoms with E-state index in [1.807, 2.05) is 19.2 Å². The fourth-order valence-electron chi connectivity index (χ4n) is 3.17. The van der Waals surface area contributed by atoms with Crippen molar-refractivity contribution in [3.63, 3.8) is 0 Å². The maximum atomic E-state index is 5.89. The maximum Gasteiger partial charge on any atom is 0.158 e. The SMILES string of the molecule is Cc1cc(-c2n[nH]c(-c3cncc(N)c3)c2C(C)C)cn2ncnc12. The number of fused-ring (bicyclic) bond motifs is 1. The van der Waals surface area contributed by atoms with Gasteiger partial charge in [0.1, 0.15) is 6.33 Å². The van der Waals surface area contributed by atoms with Gasteiger partial charge in [-0.1, -0.05) is 13.8 Å². The molecule has 25 heavy (non-hydrogen) atoms. The van der Waals surface area contributed by atoms with Gasteiger partial charge in [0.25, 0.3) is 0 Å². The molecule has 0 atom stereocenters. The van der Waals surface area contributed by atoms with Crippen molar-refractivity contribution in [2.75, 3.05) is 5.73 Å². The minimum absolute atomic E-state index is 0.275. The second-order valence-corrected chi connectivity index (χ2v) is 6.46. The lowest BCUT2D eigenvalue weighted by Crippen LogP contribution is -1.97. The number of anilines is 1. The Kier molecular flexibility index (Phi) is 3.49. The standard InChI is InChI=1S/C18H19N7/c1-10(2)15-16(12-5-14(19)7-20-6-12)23-24-17(15)13-4-11(3)18-21-9-22-25(18)8-13/h4-10H,19H2,1-3H3,(H,23,24). The number of nitrogens with zero attached hydrogens (tertiary/aromatic N) is 5. The Labute approximate surface area is 144 Å². The first-order chi connectivity index (χ1) is 12.0. The number of pyridine rings is 2. The second-order valence-electron chi connectivity index (χ2n) is 6.46. The van der Waals surface area contributed by atoms with Crippen molar-refractivity contribution in [3.05, 3.63) is 48.2 Å². The summed E-state index contributed by atoms with van der Waals surface area (Å²) in [7, 11) is 0. The Bertz CT molecular complexity index is 1060. The van der Waals surface area contributed by atoms with E-state index in [-0.39, 0.29) is 5.92 Å². The zero-order valence-electron chi connectivity index (χ0n) is 14.4. The van der Waals surface area contributed by atoms with Crippen LogP contribution in [0.4, 0.5) is 5.69 Å². The molecule has 0 fully saturated rings. The van der Waals surface area contributed by atoms with Crippen LogP contribution in [0.2, 0.25) is 0 Å². The number of hydrogen-bond donors (Lipinski definition) is 2. The third-order valence-electron chi connectivity index (χ3n) is 4.26. The van der Waals surface area contributed by atoms with Gasteiger partial charge >= 0.3 is 0 Å². The maximum absolute atomic E-state index is 5.89. The summed E-state index contributed by atoms with van der Waals surface area (Å²) in [5.74, 6) is 0.275. The average Bonchev–Trinajstić information content (AvgIpc) is 3.21. The van der Waals surface area contributed by atoms with Gasteiger partial charge in [0.05, 0.1) is 17.1 Å². The molecule has 0 saturated heterocycles. The first kappa shape index (κ1) is 15.3. The van der Waals surface area contributed by atoms with Crippen LogP contribution in [0.15, 0.2) is 37.1 Å². The molecule has 0 saturated carbocycles. The molecule has 126 valence electrons. The highest BCUT2D eigenvalue weighted by Gasteiger charge is 2.20. The smallest absolute Gasteiger partial charge is 0.158 e. The first-order valence-electron chi connectivity index (χ1n) is 8.14. The van der Waals surface area contributed by atoms with Crippen LogP contribution in [-0.2, 0) is 0 Å². The molecule has 0 bridgehead atoms. The van der Waals surface area contributed by atoms with Crippen molar-refractivity contribution in [2.24, 2.45) is 0 Å². The summed E-state index contributed by atoms with van der Waals surface area (Å²) >= 11 is 0. The molecular formula is C18H19N7. The van der Waals surface area contributed by atoms with Gasteiger partial charge in [0.15, 0.2) is 5.65 Å². The molecule has 7 heteroatoms. The number of hydrogen-bond acceptors (Lipinski definition) is 5. The highest BCUT2D eigenvalue weighted by atomic mass is 15.3. The Morgan fingerprint density at radius 3 is 2.76 bits per heavy atom. The average molecular weight is 333 g/mol. The summed E-state index contributed by atoms with van der Waals surface area (Å²) < 4.78 is 1.78. The molecule has 0 spiro atoms. The van der Waals surface area contributed by atoms with E-state index in [0.29, 0.717) is 5.69 Å². The monoisotopic (exact) mass is 333 g/mol. The van der Waals surface area contributed by atoms with E-state index in [1.54, 1.807) is 23.2 Å². The lowest BCUT2D eigenvalue weighted by Gasteiger charge is -2.10. The molecule has 0 amide bonds. The minimum Gasteiger partial charge on any atom is -0.397 e. The lowest BCUT2D eigenvalue weighted by atomic mass is 9.94. The van der Waals surface area contributed by atoms with E-state index in [2.05, 4.69) is 45.2 Å². The number of aryl methyl sites for hydroxylation is 1. The summed E-state index contributed by atoms with van der Waals surface area (Å²) in [6, 6.07) is 4.00. The molecule has 4 heterocycles. The van der Waals surface area contributed by atoms with Gasteiger partial charge < -0.3 is 5.73 Å². The van der Waals surface area contributed by atoms with Crippen LogP contribution < -0.4 is 5.73 Å². The molecule has 0 radical (unpaired) electrons. The number of rotatable bonds is 3. The van der Waals surface area contributed by atoms with E-state index < -0.39 is 0 Å². The number of H-pyrrole nitrogens is 1. The van der Waals surface area contributed by atoms with Crippen LogP contribution in [-0.4, -0.2) is 29.8 Å². The predicted molar refractivity (Wildman–Crippen MR) is 97.0 cm³/mol. The quantitative estimate of drug-likeness (QED) is 0.600. The van der Waals surface area contributed by atoms with Crippen LogP contribution in [0.3, 0.4) is 0 Å². The molecule has 7 nitrogen and oxygen atoms in total. The molecule has 4 rings (SSSR count). The fourth-order valence-corrected chi connectivity index (χ4v) is 3.17. The summed E-state index contributed by atoms with van der Waals surface area (Å²) in [6.45, 7) is 6.33. The molecular weight excluding hydrogens is 314 g/mol. The van der Waals surface area contributed by atoms with E-state index in [1.165, 1.54) is 0 Å². The number of nitrogens with one attached hydrogen (secondary N) is 1. The summed E-state index contributed by atoms with van der Waals surface area (Å²) in [5.41, 5.74) is 13.3. The van der Waals surface area contributed by atoms with Gasteiger partial charge in [-0.05, 0) is 30.5 Å². The van der Waals surface area contributed by atoms with Crippen molar-refractivity contribution >= 4 is 11.3 Å². The van der Waals surface area contributed by atoms with Crippen molar-refractivity contribution in [1.82, 2.24) is 29.8 Å². The Morgan fingerprint density at radius 1 is 1.16 bits per heavy atom. The number of aromatic nitrogens is 6. The highest BCUT2D eigenvalue weighted by Crippen LogP contribution is 2.36. The molecule has 4 aromatic rings. The van der Waals surface area contributed by atoms with Crippen molar-refractivity contribution in [3.8, 4) is 22.5 Å². The van der Waals surface area contributed by atoms with E-state index >= 15 is 0 Å². The van der Waals surface area contributed by atoms with Crippen LogP contribution in [0.25, 0.3) is 28.2 Å². The van der Waals surface area contributed by atoms with Crippen molar-refractivity contribution in [2.45, 2.75) is 26.7 Å². The Morgan fingerprint density at radius 2 is 2.00 bits per heavy atom. The molecule has 0 aliphatic carbocycles. The van der Waals surface area contributed by atoms with Gasteiger partial charge in [0, 0.05) is 35.3 Å². The third kappa shape index (κ3) is 2.53. The molecule has 0 aliphatic rings. The van der Waals surface area contributed by atoms with Gasteiger partial charge in [-0.25, -0.2) is 9.50 Å². The third-order valence-corrected chi connectivity index (χ3v) is 4.26. The normalized spacial score (nSPS) is 11.5. The minimum atomic E-state index is 0.275. The molecule has 3 N–H and O–H groups in total. The number of nitrogens with two attached hydrogens (primary N) is 1. The van der Waals surface area contributed by atoms with Gasteiger partial charge in [-0.15, -0.1) is 0 Å². The Hall–Kier alpha value is -3.22. The van der Waals surface area contributed by atoms with E-state index in [4.69, 9.17) is 5.73 Å². The first-order valence-corrected chi connectivity index (χ1v) is 8.14. The summed E-state index contributed by atoms with van der Waals surface area (Å²) in [6.07, 6.45) is 6.95. The summed E-state index contributed by atoms with van der Waals surface area (Å²) in [4.78, 5) is 8.47. The lowest BCUT2D eigenvalue weighted by molar-refractivity contribution is 0.871. The van der Waals surface area contributed by atoms with Gasteiger partial charge in [-0.3, -0.25) is 10.1 Å². The predicted octanol–water partition coefficient (Wildman–Crippen LogP) is 3.20. The molecule has 4 aromatic heterocycles. The largest absolute Gasteiger partial charge is 0.397 e. The number of nitrogen functional groups attached to an aromatic ring is 1. The van der Waals surface area contributed by atoms with Crippen molar-refractivity contribution < 1.29 is 0 Å². The topological polar surface area (TPSA) is 97.8 Å². The highest BCUT2D eigenvalue weighted by molar-refractivity contribution is 5.76. The zero-order valence-corrected chi connectivity index (χ0v) is 14.4. The molecule has 0 aliphatic heterocycles. The zero-order chi connectivity index (χ0) is 17.6. The molecule has 0 unspecified atom stereocenters. The fraction of sp³-hybridized carbons (Fsp3) is 0.222. The van der Waals surface area contributed by atoms with Gasteiger partial charge in [-0.2, -0.15) is 10.2 Å². The second kappa shape index (κ2) is 5.70. The van der Waals surface area contributed by atoms with Crippen LogP contribution in [0, 0.1) is 6.92 Å². The number of aromatic amines is 1. The van der Waals surface area contributed by atoms with Crippen LogP contribution in [0.5, 0.6) is 0 Å². The molecule has 0 aromatic carbocycles. The van der Waals surface area contributed by atoms with E-state index in [0.717, 1.165) is 39.3 Å².